The van der Waals surface area contributed by atoms with E-state index in [0.29, 0.717) is 6.42 Å². The molecule has 116 valence electrons. The van der Waals surface area contributed by atoms with Gasteiger partial charge < -0.3 is 5.11 Å². The van der Waals surface area contributed by atoms with Gasteiger partial charge in [0.15, 0.2) is 0 Å². The number of Topliss-reactive ketones (excluding diaryl/α,β-unsaturated/α-hetero) is 1. The van der Waals surface area contributed by atoms with Crippen LogP contribution in [0.15, 0.2) is 24.3 Å². The number of carbonyl (C=O) groups excluding carboxylic acids is 3. The molecule has 1 heterocycles. The normalized spacial score (nSPS) is 19.9. The Labute approximate surface area is 125 Å². The van der Waals surface area contributed by atoms with Gasteiger partial charge in [0.1, 0.15) is 5.78 Å². The Hall–Kier alpha value is -1.75. The van der Waals surface area contributed by atoms with E-state index in [1.165, 1.54) is 0 Å². The molecule has 5 nitrogen and oxygen atoms in total. The van der Waals surface area contributed by atoms with Gasteiger partial charge in [0, 0.05) is 25.2 Å². The summed E-state index contributed by atoms with van der Waals surface area (Å²) in [5.74, 6) is -1.15. The minimum Gasteiger partial charge on any atom is -0.393 e. The fraction of sp³-hybridized carbons (Fsp3) is 0.562. The van der Waals surface area contributed by atoms with Crippen molar-refractivity contribution in [1.82, 2.24) is 5.32 Å². The number of aliphatic hydroxyl groups is 1. The molecule has 0 aromatic rings. The molecule has 21 heavy (non-hydrogen) atoms. The quantitative estimate of drug-likeness (QED) is 0.550. The minimum absolute atomic E-state index is 0.0361. The largest absolute Gasteiger partial charge is 0.393 e. The second kappa shape index (κ2) is 7.88. The number of carbonyl (C=O) groups is 3. The molecule has 0 aromatic heterocycles. The van der Waals surface area contributed by atoms with Crippen LogP contribution in [0.1, 0.15) is 39.5 Å². The fourth-order valence-electron chi connectivity index (χ4n) is 2.46. The van der Waals surface area contributed by atoms with E-state index in [1.54, 1.807) is 19.1 Å². The van der Waals surface area contributed by atoms with Gasteiger partial charge in [-0.25, -0.2) is 0 Å². The Morgan fingerprint density at radius 2 is 2.00 bits per heavy atom. The number of piperidine rings is 1. The zero-order valence-corrected chi connectivity index (χ0v) is 12.6. The molecule has 1 aliphatic rings. The molecule has 0 spiro atoms. The van der Waals surface area contributed by atoms with Crippen LogP contribution in [-0.4, -0.2) is 28.8 Å². The highest BCUT2D eigenvalue weighted by atomic mass is 16.3. The van der Waals surface area contributed by atoms with Crippen molar-refractivity contribution in [1.29, 1.82) is 0 Å². The van der Waals surface area contributed by atoms with E-state index < -0.39 is 6.10 Å². The number of nitrogens with one attached hydrogen (secondary N) is 1. The summed E-state index contributed by atoms with van der Waals surface area (Å²) in [6, 6.07) is 0. The molecule has 0 saturated carbocycles. The first-order valence-corrected chi connectivity index (χ1v) is 7.16. The number of amides is 2. The van der Waals surface area contributed by atoms with E-state index in [1.807, 2.05) is 6.92 Å². The lowest BCUT2D eigenvalue weighted by atomic mass is 9.88. The van der Waals surface area contributed by atoms with E-state index in [-0.39, 0.29) is 48.7 Å². The van der Waals surface area contributed by atoms with Gasteiger partial charge in [-0.15, -0.1) is 0 Å². The highest BCUT2D eigenvalue weighted by Crippen LogP contribution is 2.21. The average molecular weight is 293 g/mol. The zero-order chi connectivity index (χ0) is 16.0. The van der Waals surface area contributed by atoms with Crippen molar-refractivity contribution in [3.8, 4) is 0 Å². The summed E-state index contributed by atoms with van der Waals surface area (Å²) in [6.45, 7) is 7.26. The summed E-state index contributed by atoms with van der Waals surface area (Å²) in [6.07, 6.45) is 3.44. The number of hydrogen-bond acceptors (Lipinski definition) is 4. The summed E-state index contributed by atoms with van der Waals surface area (Å²) in [5.41, 5.74) is 0.917. The van der Waals surface area contributed by atoms with Gasteiger partial charge in [0.05, 0.1) is 6.10 Å². The van der Waals surface area contributed by atoms with E-state index in [9.17, 15) is 19.5 Å². The summed E-state index contributed by atoms with van der Waals surface area (Å²) in [7, 11) is 0. The SMILES string of the molecule is C=C/C(C)=C/[C@@H](C)C(=O)C[C@H](O)CC1CC(=O)NC(=O)C1. The second-order valence-corrected chi connectivity index (χ2v) is 5.71. The Kier molecular flexibility index (Phi) is 6.49. The van der Waals surface area contributed by atoms with Crippen molar-refractivity contribution in [2.24, 2.45) is 11.8 Å². The lowest BCUT2D eigenvalue weighted by molar-refractivity contribution is -0.135. The maximum Gasteiger partial charge on any atom is 0.226 e. The Morgan fingerprint density at radius 3 is 2.52 bits per heavy atom. The van der Waals surface area contributed by atoms with Crippen molar-refractivity contribution >= 4 is 17.6 Å². The topological polar surface area (TPSA) is 83.5 Å². The predicted octanol–water partition coefficient (Wildman–Crippen LogP) is 1.52. The molecule has 0 bridgehead atoms. The van der Waals surface area contributed by atoms with Gasteiger partial charge in [-0.05, 0) is 19.3 Å². The van der Waals surface area contributed by atoms with Crippen LogP contribution in [0, 0.1) is 11.8 Å². The molecule has 0 aromatic carbocycles. The van der Waals surface area contributed by atoms with Crippen LogP contribution in [0.3, 0.4) is 0 Å². The maximum atomic E-state index is 12.0. The first kappa shape index (κ1) is 17.3. The van der Waals surface area contributed by atoms with Crippen LogP contribution in [0.25, 0.3) is 0 Å². The molecule has 1 rings (SSSR count). The van der Waals surface area contributed by atoms with Gasteiger partial charge >= 0.3 is 0 Å². The molecule has 1 fully saturated rings. The third-order valence-electron chi connectivity index (χ3n) is 3.61. The van der Waals surface area contributed by atoms with Crippen molar-refractivity contribution in [2.75, 3.05) is 0 Å². The van der Waals surface area contributed by atoms with Crippen molar-refractivity contribution in [2.45, 2.75) is 45.6 Å². The fourth-order valence-corrected chi connectivity index (χ4v) is 2.46. The molecule has 0 radical (unpaired) electrons. The number of allylic oxidation sites excluding steroid dienone is 3. The molecule has 2 atom stereocenters. The van der Waals surface area contributed by atoms with Gasteiger partial charge in [-0.2, -0.15) is 0 Å². The van der Waals surface area contributed by atoms with E-state index in [0.717, 1.165) is 5.57 Å². The average Bonchev–Trinajstić information content (AvgIpc) is 2.36. The van der Waals surface area contributed by atoms with Crippen LogP contribution >= 0.6 is 0 Å². The van der Waals surface area contributed by atoms with Gasteiger partial charge in [0.2, 0.25) is 11.8 Å². The van der Waals surface area contributed by atoms with E-state index in [2.05, 4.69) is 11.9 Å². The van der Waals surface area contributed by atoms with Crippen molar-refractivity contribution < 1.29 is 19.5 Å². The maximum absolute atomic E-state index is 12.0. The van der Waals surface area contributed by atoms with Crippen molar-refractivity contribution in [3.63, 3.8) is 0 Å². The van der Waals surface area contributed by atoms with Gasteiger partial charge in [-0.3, -0.25) is 19.7 Å². The Balaban J connectivity index is 2.47. The highest BCUT2D eigenvalue weighted by molar-refractivity contribution is 5.97. The lowest BCUT2D eigenvalue weighted by Crippen LogP contribution is -2.39. The second-order valence-electron chi connectivity index (χ2n) is 5.71. The molecule has 2 N–H and O–H groups in total. The molecule has 1 aliphatic heterocycles. The summed E-state index contributed by atoms with van der Waals surface area (Å²) < 4.78 is 0. The van der Waals surface area contributed by atoms with Crippen LogP contribution < -0.4 is 5.32 Å². The number of aliphatic hydroxyl groups excluding tert-OH is 1. The Morgan fingerprint density at radius 1 is 1.43 bits per heavy atom. The standard InChI is InChI=1S/C16H23NO4/c1-4-10(2)5-11(3)14(19)9-13(18)6-12-7-15(20)17-16(21)8-12/h4-5,11-13,18H,1,6-9H2,2-3H3,(H,17,20,21)/b10-5+/t11-,13-/m1/s1. The molecule has 2 amide bonds. The van der Waals surface area contributed by atoms with E-state index in [4.69, 9.17) is 0 Å². The molecular weight excluding hydrogens is 270 g/mol. The van der Waals surface area contributed by atoms with Gasteiger partial charge in [-0.1, -0.05) is 31.2 Å². The summed E-state index contributed by atoms with van der Waals surface area (Å²) in [4.78, 5) is 34.5. The highest BCUT2D eigenvalue weighted by Gasteiger charge is 2.27. The minimum atomic E-state index is -0.818. The smallest absolute Gasteiger partial charge is 0.226 e. The molecule has 0 unspecified atom stereocenters. The number of imide groups is 1. The predicted molar refractivity (Wildman–Crippen MR) is 79.2 cm³/mol. The van der Waals surface area contributed by atoms with E-state index >= 15 is 0 Å². The molecular formula is C16H23NO4. The summed E-state index contributed by atoms with van der Waals surface area (Å²) in [5, 5.41) is 12.2. The van der Waals surface area contributed by atoms with Crippen LogP contribution in [0.4, 0.5) is 0 Å². The Bertz CT molecular complexity index is 451. The number of ketones is 1. The van der Waals surface area contributed by atoms with Crippen LogP contribution in [-0.2, 0) is 14.4 Å². The molecule has 1 saturated heterocycles. The number of hydrogen-bond donors (Lipinski definition) is 2. The first-order valence-electron chi connectivity index (χ1n) is 7.16. The number of rotatable bonds is 7. The van der Waals surface area contributed by atoms with Crippen LogP contribution in [0.5, 0.6) is 0 Å². The van der Waals surface area contributed by atoms with Crippen LogP contribution in [0.2, 0.25) is 0 Å². The third-order valence-corrected chi connectivity index (χ3v) is 3.61. The lowest BCUT2D eigenvalue weighted by Gasteiger charge is -2.23. The zero-order valence-electron chi connectivity index (χ0n) is 12.6. The third kappa shape index (κ3) is 6.04. The monoisotopic (exact) mass is 293 g/mol. The summed E-state index contributed by atoms with van der Waals surface area (Å²) >= 11 is 0. The molecule has 0 aliphatic carbocycles. The molecule has 5 heteroatoms. The first-order chi connectivity index (χ1) is 9.81. The van der Waals surface area contributed by atoms with Gasteiger partial charge in [0.25, 0.3) is 0 Å². The van der Waals surface area contributed by atoms with Crippen molar-refractivity contribution in [3.05, 3.63) is 24.3 Å².